The van der Waals surface area contributed by atoms with E-state index >= 15 is 0 Å². The molecule has 4 nitrogen and oxygen atoms in total. The molecule has 7 heteroatoms. The second kappa shape index (κ2) is 5.52. The standard InChI is InChI=1S/C12H15F2NO3S/c13-9-3-8(4-10(14)5-9)1-2-15-11-6-19(17,18)7-12(11)16/h3-5,11-12,15-16H,1-2,6-7H2. The fourth-order valence-corrected chi connectivity index (χ4v) is 3.96. The minimum Gasteiger partial charge on any atom is -0.390 e. The van der Waals surface area contributed by atoms with Crippen LogP contribution in [0.4, 0.5) is 8.78 Å². The van der Waals surface area contributed by atoms with Gasteiger partial charge in [0.15, 0.2) is 9.84 Å². The molecule has 0 aliphatic carbocycles. The van der Waals surface area contributed by atoms with Gasteiger partial charge in [-0.2, -0.15) is 0 Å². The van der Waals surface area contributed by atoms with Crippen molar-refractivity contribution >= 4 is 9.84 Å². The Bertz CT molecular complexity index is 542. The Morgan fingerprint density at radius 3 is 2.37 bits per heavy atom. The number of rotatable bonds is 4. The van der Waals surface area contributed by atoms with Crippen LogP contribution >= 0.6 is 0 Å². The van der Waals surface area contributed by atoms with Gasteiger partial charge in [-0.15, -0.1) is 0 Å². The summed E-state index contributed by atoms with van der Waals surface area (Å²) in [6.07, 6.45) is -0.563. The topological polar surface area (TPSA) is 66.4 Å². The van der Waals surface area contributed by atoms with Gasteiger partial charge in [0.25, 0.3) is 0 Å². The van der Waals surface area contributed by atoms with Gasteiger partial charge in [-0.25, -0.2) is 17.2 Å². The largest absolute Gasteiger partial charge is 0.390 e. The molecule has 2 unspecified atom stereocenters. The molecule has 1 aliphatic rings. The average molecular weight is 291 g/mol. The number of hydrogen-bond donors (Lipinski definition) is 2. The van der Waals surface area contributed by atoms with Gasteiger partial charge in [0.1, 0.15) is 11.6 Å². The maximum Gasteiger partial charge on any atom is 0.154 e. The zero-order chi connectivity index (χ0) is 14.0. The molecule has 0 bridgehead atoms. The molecule has 0 spiro atoms. The smallest absolute Gasteiger partial charge is 0.154 e. The van der Waals surface area contributed by atoms with Crippen molar-refractivity contribution in [3.8, 4) is 0 Å². The summed E-state index contributed by atoms with van der Waals surface area (Å²) in [5.41, 5.74) is 0.486. The van der Waals surface area contributed by atoms with Gasteiger partial charge in [-0.1, -0.05) is 0 Å². The summed E-state index contributed by atoms with van der Waals surface area (Å²) in [5, 5.41) is 12.4. The summed E-state index contributed by atoms with van der Waals surface area (Å²) in [7, 11) is -3.19. The van der Waals surface area contributed by atoms with Crippen molar-refractivity contribution in [2.75, 3.05) is 18.1 Å². The van der Waals surface area contributed by atoms with Crippen LogP contribution in [0.3, 0.4) is 0 Å². The number of aliphatic hydroxyl groups is 1. The average Bonchev–Trinajstić information content (AvgIpc) is 2.50. The van der Waals surface area contributed by atoms with E-state index in [1.54, 1.807) is 0 Å². The van der Waals surface area contributed by atoms with Crippen LogP contribution in [0.25, 0.3) is 0 Å². The van der Waals surface area contributed by atoms with Gasteiger partial charge in [-0.05, 0) is 30.7 Å². The van der Waals surface area contributed by atoms with Crippen LogP contribution in [-0.2, 0) is 16.3 Å². The second-order valence-corrected chi connectivity index (χ2v) is 6.89. The number of nitrogens with one attached hydrogen (secondary N) is 1. The van der Waals surface area contributed by atoms with Crippen LogP contribution in [0.15, 0.2) is 18.2 Å². The lowest BCUT2D eigenvalue weighted by atomic mass is 10.1. The van der Waals surface area contributed by atoms with Crippen molar-refractivity contribution in [1.82, 2.24) is 5.32 Å². The Balaban J connectivity index is 1.87. The summed E-state index contributed by atoms with van der Waals surface area (Å²) >= 11 is 0. The molecule has 0 saturated carbocycles. The van der Waals surface area contributed by atoms with E-state index in [0.717, 1.165) is 6.07 Å². The van der Waals surface area contributed by atoms with Crippen molar-refractivity contribution < 1.29 is 22.3 Å². The minimum absolute atomic E-state index is 0.105. The first-order valence-corrected chi connectivity index (χ1v) is 7.75. The molecule has 1 fully saturated rings. The van der Waals surface area contributed by atoms with E-state index in [1.807, 2.05) is 0 Å². The maximum absolute atomic E-state index is 12.9. The SMILES string of the molecule is O=S1(=O)CC(O)C(NCCc2cc(F)cc(F)c2)C1. The lowest BCUT2D eigenvalue weighted by molar-refractivity contribution is 0.166. The van der Waals surface area contributed by atoms with E-state index in [9.17, 15) is 22.3 Å². The summed E-state index contributed by atoms with van der Waals surface area (Å²) in [6.45, 7) is 0.347. The van der Waals surface area contributed by atoms with Crippen molar-refractivity contribution in [3.63, 3.8) is 0 Å². The van der Waals surface area contributed by atoms with Crippen molar-refractivity contribution in [2.24, 2.45) is 0 Å². The van der Waals surface area contributed by atoms with Crippen LogP contribution in [0, 0.1) is 11.6 Å². The summed E-state index contributed by atoms with van der Waals surface area (Å²) in [5.74, 6) is -1.62. The Morgan fingerprint density at radius 2 is 1.84 bits per heavy atom. The predicted octanol–water partition coefficient (Wildman–Crippen LogP) is 0.255. The van der Waals surface area contributed by atoms with Crippen molar-refractivity contribution in [3.05, 3.63) is 35.4 Å². The lowest BCUT2D eigenvalue weighted by Gasteiger charge is -2.14. The fraction of sp³-hybridized carbons (Fsp3) is 0.500. The lowest BCUT2D eigenvalue weighted by Crippen LogP contribution is -2.39. The van der Waals surface area contributed by atoms with Gasteiger partial charge in [0.2, 0.25) is 0 Å². The highest BCUT2D eigenvalue weighted by Gasteiger charge is 2.35. The first-order valence-electron chi connectivity index (χ1n) is 5.92. The molecule has 1 aliphatic heterocycles. The van der Waals surface area contributed by atoms with E-state index in [4.69, 9.17) is 0 Å². The third kappa shape index (κ3) is 3.95. The number of hydrogen-bond acceptors (Lipinski definition) is 4. The van der Waals surface area contributed by atoms with Gasteiger partial charge >= 0.3 is 0 Å². The highest BCUT2D eigenvalue weighted by molar-refractivity contribution is 7.91. The third-order valence-electron chi connectivity index (χ3n) is 3.07. The first-order chi connectivity index (χ1) is 8.85. The van der Waals surface area contributed by atoms with E-state index in [1.165, 1.54) is 12.1 Å². The van der Waals surface area contributed by atoms with Crippen molar-refractivity contribution in [2.45, 2.75) is 18.6 Å². The first kappa shape index (κ1) is 14.4. The fourth-order valence-electron chi connectivity index (χ4n) is 2.18. The van der Waals surface area contributed by atoms with E-state index in [-0.39, 0.29) is 11.5 Å². The molecule has 19 heavy (non-hydrogen) atoms. The molecule has 2 rings (SSSR count). The molecule has 1 aromatic carbocycles. The Labute approximate surface area is 110 Å². The molecule has 1 aromatic rings. The molecular weight excluding hydrogens is 276 g/mol. The van der Waals surface area contributed by atoms with Gasteiger partial charge in [0.05, 0.1) is 17.6 Å². The van der Waals surface area contributed by atoms with E-state index in [0.29, 0.717) is 18.5 Å². The van der Waals surface area contributed by atoms with Crippen LogP contribution in [-0.4, -0.2) is 43.7 Å². The summed E-state index contributed by atoms with van der Waals surface area (Å²) in [6, 6.07) is 2.74. The predicted molar refractivity (Wildman–Crippen MR) is 66.5 cm³/mol. The summed E-state index contributed by atoms with van der Waals surface area (Å²) in [4.78, 5) is 0. The Hall–Kier alpha value is -1.05. The van der Waals surface area contributed by atoms with Crippen LogP contribution in [0.2, 0.25) is 0 Å². The molecule has 2 atom stereocenters. The monoisotopic (exact) mass is 291 g/mol. The van der Waals surface area contributed by atoms with Gasteiger partial charge in [0, 0.05) is 12.1 Å². The van der Waals surface area contributed by atoms with Gasteiger partial charge < -0.3 is 10.4 Å². The third-order valence-corrected chi connectivity index (χ3v) is 4.78. The molecule has 1 heterocycles. The molecule has 1 saturated heterocycles. The molecule has 0 radical (unpaired) electrons. The highest BCUT2D eigenvalue weighted by atomic mass is 32.2. The number of aliphatic hydroxyl groups excluding tert-OH is 1. The number of sulfone groups is 1. The van der Waals surface area contributed by atoms with Crippen LogP contribution in [0.1, 0.15) is 5.56 Å². The normalized spacial score (nSPS) is 25.6. The van der Waals surface area contributed by atoms with Crippen LogP contribution < -0.4 is 5.32 Å². The molecule has 2 N–H and O–H groups in total. The number of halogens is 2. The van der Waals surface area contributed by atoms with Gasteiger partial charge in [-0.3, -0.25) is 0 Å². The summed E-state index contributed by atoms with van der Waals surface area (Å²) < 4.78 is 48.4. The zero-order valence-electron chi connectivity index (χ0n) is 10.1. The Morgan fingerprint density at radius 1 is 1.21 bits per heavy atom. The molecule has 106 valence electrons. The van der Waals surface area contributed by atoms with E-state index < -0.39 is 33.6 Å². The van der Waals surface area contributed by atoms with E-state index in [2.05, 4.69) is 5.32 Å². The van der Waals surface area contributed by atoms with Crippen LogP contribution in [0.5, 0.6) is 0 Å². The zero-order valence-corrected chi connectivity index (χ0v) is 11.0. The number of benzene rings is 1. The Kier molecular flexibility index (Phi) is 4.17. The quantitative estimate of drug-likeness (QED) is 0.835. The molecular formula is C12H15F2NO3S. The maximum atomic E-state index is 12.9. The molecule has 0 amide bonds. The second-order valence-electron chi connectivity index (χ2n) is 4.73. The van der Waals surface area contributed by atoms with Crippen molar-refractivity contribution in [1.29, 1.82) is 0 Å². The highest BCUT2D eigenvalue weighted by Crippen LogP contribution is 2.13. The minimum atomic E-state index is -3.19. The molecule has 0 aromatic heterocycles.